The summed E-state index contributed by atoms with van der Waals surface area (Å²) >= 11 is 8.07. The first-order valence-corrected chi connectivity index (χ1v) is 9.30. The number of thiol groups is 1. The van der Waals surface area contributed by atoms with Crippen molar-refractivity contribution >= 4 is 34.2 Å². The van der Waals surface area contributed by atoms with Crippen molar-refractivity contribution in [3.8, 4) is 17.1 Å². The Morgan fingerprint density at radius 1 is 1.14 bits per heavy atom. The lowest BCUT2D eigenvalue weighted by atomic mass is 10.2. The van der Waals surface area contributed by atoms with Crippen LogP contribution >= 0.6 is 28.6 Å². The van der Waals surface area contributed by atoms with Crippen LogP contribution in [0.2, 0.25) is 0 Å². The fraction of sp³-hybridized carbons (Fsp3) is 0.0588. The number of nitro groups is 1. The lowest BCUT2D eigenvalue weighted by Gasteiger charge is -2.06. The van der Waals surface area contributed by atoms with Crippen LogP contribution in [0.3, 0.4) is 0 Å². The summed E-state index contributed by atoms with van der Waals surface area (Å²) in [6.07, 6.45) is 1.63. The highest BCUT2D eigenvalue weighted by molar-refractivity contribution is 9.10. The zero-order valence-electron chi connectivity index (χ0n) is 14.2. The van der Waals surface area contributed by atoms with Gasteiger partial charge in [0.1, 0.15) is 5.03 Å². The smallest absolute Gasteiger partial charge is 0.258 e. The van der Waals surface area contributed by atoms with E-state index in [9.17, 15) is 10.1 Å². The molecule has 0 radical (unpaired) electrons. The molecular weight excluding hydrogens is 446 g/mol. The molecule has 0 aliphatic heterocycles. The SMILES string of the molecule is O=[N+]([O-])c1ccc(Cn2nnc(-c3cnn(-c4ccccc4Br)c3S)n2)cc1. The Morgan fingerprint density at radius 3 is 2.61 bits per heavy atom. The molecular formula is C17H12BrN7O2S. The molecule has 0 saturated carbocycles. The second-order valence-electron chi connectivity index (χ2n) is 5.81. The van der Waals surface area contributed by atoms with E-state index >= 15 is 0 Å². The van der Waals surface area contributed by atoms with Crippen LogP contribution in [0, 0.1) is 10.1 Å². The lowest BCUT2D eigenvalue weighted by molar-refractivity contribution is -0.384. The number of hydrogen-bond acceptors (Lipinski definition) is 7. The molecule has 2 aromatic heterocycles. The van der Waals surface area contributed by atoms with Crippen LogP contribution in [0.4, 0.5) is 5.69 Å². The van der Waals surface area contributed by atoms with Gasteiger partial charge in [0.05, 0.1) is 28.9 Å². The molecule has 0 saturated heterocycles. The number of aromatic nitrogens is 6. The molecule has 9 nitrogen and oxygen atoms in total. The van der Waals surface area contributed by atoms with E-state index in [2.05, 4.69) is 49.1 Å². The fourth-order valence-corrected chi connectivity index (χ4v) is 3.37. The van der Waals surface area contributed by atoms with Gasteiger partial charge >= 0.3 is 0 Å². The first-order valence-electron chi connectivity index (χ1n) is 8.06. The third kappa shape index (κ3) is 3.53. The summed E-state index contributed by atoms with van der Waals surface area (Å²) in [5.74, 6) is 0.394. The zero-order chi connectivity index (χ0) is 19.7. The minimum absolute atomic E-state index is 0.0372. The molecule has 140 valence electrons. The van der Waals surface area contributed by atoms with Crippen LogP contribution in [0.15, 0.2) is 64.2 Å². The molecule has 0 amide bonds. The number of nitro benzene ring substituents is 1. The number of rotatable bonds is 5. The highest BCUT2D eigenvalue weighted by Crippen LogP contribution is 2.28. The van der Waals surface area contributed by atoms with Gasteiger partial charge in [0.2, 0.25) is 5.82 Å². The molecule has 0 spiro atoms. The summed E-state index contributed by atoms with van der Waals surface area (Å²) in [5.41, 5.74) is 2.35. The molecule has 0 aliphatic carbocycles. The van der Waals surface area contributed by atoms with Gasteiger partial charge in [-0.2, -0.15) is 9.90 Å². The summed E-state index contributed by atoms with van der Waals surface area (Å²) in [6, 6.07) is 13.9. The van der Waals surface area contributed by atoms with E-state index in [1.807, 2.05) is 24.3 Å². The molecule has 0 unspecified atom stereocenters. The van der Waals surface area contributed by atoms with Crippen molar-refractivity contribution in [1.29, 1.82) is 0 Å². The molecule has 0 N–H and O–H groups in total. The van der Waals surface area contributed by atoms with Crippen LogP contribution in [0.25, 0.3) is 17.1 Å². The van der Waals surface area contributed by atoms with Gasteiger partial charge in [-0.25, -0.2) is 4.68 Å². The van der Waals surface area contributed by atoms with E-state index in [-0.39, 0.29) is 5.69 Å². The van der Waals surface area contributed by atoms with Gasteiger partial charge in [0, 0.05) is 16.6 Å². The predicted molar refractivity (Wildman–Crippen MR) is 108 cm³/mol. The number of non-ortho nitro benzene ring substituents is 1. The van der Waals surface area contributed by atoms with E-state index in [1.54, 1.807) is 23.0 Å². The minimum atomic E-state index is -0.438. The van der Waals surface area contributed by atoms with Crippen molar-refractivity contribution in [2.75, 3.05) is 0 Å². The van der Waals surface area contributed by atoms with Gasteiger partial charge in [-0.1, -0.05) is 24.3 Å². The zero-order valence-corrected chi connectivity index (χ0v) is 16.7. The predicted octanol–water partition coefficient (Wildman–Crippen LogP) is 3.53. The van der Waals surface area contributed by atoms with E-state index in [0.717, 1.165) is 15.7 Å². The summed E-state index contributed by atoms with van der Waals surface area (Å²) in [6.45, 7) is 0.339. The maximum absolute atomic E-state index is 10.7. The average molecular weight is 458 g/mol. The quantitative estimate of drug-likeness (QED) is 0.279. The highest BCUT2D eigenvalue weighted by atomic mass is 79.9. The van der Waals surface area contributed by atoms with Crippen LogP contribution in [0.1, 0.15) is 5.56 Å². The summed E-state index contributed by atoms with van der Waals surface area (Å²) in [5, 5.41) is 28.2. The highest BCUT2D eigenvalue weighted by Gasteiger charge is 2.17. The van der Waals surface area contributed by atoms with Crippen molar-refractivity contribution in [1.82, 2.24) is 30.0 Å². The summed E-state index contributed by atoms with van der Waals surface area (Å²) in [4.78, 5) is 11.7. The molecule has 28 heavy (non-hydrogen) atoms. The molecule has 2 aromatic carbocycles. The molecule has 11 heteroatoms. The fourth-order valence-electron chi connectivity index (χ4n) is 2.60. The summed E-state index contributed by atoms with van der Waals surface area (Å²) in [7, 11) is 0. The van der Waals surface area contributed by atoms with Gasteiger partial charge in [-0.05, 0) is 38.8 Å². The maximum Gasteiger partial charge on any atom is 0.269 e. The molecule has 0 bridgehead atoms. The lowest BCUT2D eigenvalue weighted by Crippen LogP contribution is -2.04. The number of nitrogens with zero attached hydrogens (tertiary/aromatic N) is 7. The molecule has 4 aromatic rings. The Hall–Kier alpha value is -3.05. The monoisotopic (exact) mass is 457 g/mol. The first-order chi connectivity index (χ1) is 13.5. The Labute approximate surface area is 172 Å². The van der Waals surface area contributed by atoms with Crippen molar-refractivity contribution in [3.63, 3.8) is 0 Å². The number of para-hydroxylation sites is 1. The maximum atomic E-state index is 10.7. The molecule has 0 aliphatic rings. The first kappa shape index (κ1) is 18.3. The second-order valence-corrected chi connectivity index (χ2v) is 7.09. The topological polar surface area (TPSA) is 105 Å². The molecule has 0 fully saturated rings. The van der Waals surface area contributed by atoms with E-state index in [4.69, 9.17) is 0 Å². The van der Waals surface area contributed by atoms with Gasteiger partial charge in [-0.3, -0.25) is 10.1 Å². The summed E-state index contributed by atoms with van der Waals surface area (Å²) < 4.78 is 2.56. The minimum Gasteiger partial charge on any atom is -0.258 e. The van der Waals surface area contributed by atoms with Crippen molar-refractivity contribution in [2.45, 2.75) is 11.6 Å². The van der Waals surface area contributed by atoms with Crippen LogP contribution in [0.5, 0.6) is 0 Å². The largest absolute Gasteiger partial charge is 0.269 e. The number of hydrogen-bond donors (Lipinski definition) is 1. The molecule has 4 rings (SSSR count). The van der Waals surface area contributed by atoms with Crippen molar-refractivity contribution in [3.05, 3.63) is 74.9 Å². The normalized spacial score (nSPS) is 10.9. The van der Waals surface area contributed by atoms with Crippen LogP contribution in [-0.2, 0) is 6.54 Å². The number of halogens is 1. The third-order valence-corrected chi connectivity index (χ3v) is 5.09. The van der Waals surface area contributed by atoms with E-state index in [0.29, 0.717) is 23.0 Å². The van der Waals surface area contributed by atoms with Gasteiger partial charge in [0.15, 0.2) is 0 Å². The van der Waals surface area contributed by atoms with Crippen molar-refractivity contribution in [2.24, 2.45) is 0 Å². The number of benzene rings is 2. The van der Waals surface area contributed by atoms with Gasteiger partial charge in [0.25, 0.3) is 5.69 Å². The van der Waals surface area contributed by atoms with Gasteiger partial charge in [-0.15, -0.1) is 22.8 Å². The Morgan fingerprint density at radius 2 is 1.89 bits per heavy atom. The Kier molecular flexibility index (Phi) is 4.92. The standard InChI is InChI=1S/C17H12BrN7O2S/c18-14-3-1-2-4-15(14)24-17(28)13(9-19-24)16-20-22-23(21-16)10-11-5-7-12(8-6-11)25(26)27/h1-9,28H,10H2. The third-order valence-electron chi connectivity index (χ3n) is 3.99. The van der Waals surface area contributed by atoms with E-state index < -0.39 is 4.92 Å². The van der Waals surface area contributed by atoms with Crippen molar-refractivity contribution < 1.29 is 4.92 Å². The second kappa shape index (κ2) is 7.52. The Balaban J connectivity index is 1.58. The molecule has 0 atom stereocenters. The van der Waals surface area contributed by atoms with Gasteiger partial charge < -0.3 is 0 Å². The van der Waals surface area contributed by atoms with E-state index in [1.165, 1.54) is 16.9 Å². The number of tetrazole rings is 1. The average Bonchev–Trinajstić information content (AvgIpc) is 3.29. The van der Waals surface area contributed by atoms with Crippen LogP contribution < -0.4 is 0 Å². The molecule has 2 heterocycles. The van der Waals surface area contributed by atoms with Crippen LogP contribution in [-0.4, -0.2) is 34.9 Å². The Bertz CT molecular complexity index is 1160.